The number of hydrogen-bond acceptors (Lipinski definition) is 4. The molecule has 2 aromatic carbocycles. The highest BCUT2D eigenvalue weighted by molar-refractivity contribution is 5.85. The number of nitrogens with zero attached hydrogens (tertiary/aromatic N) is 1. The van der Waals surface area contributed by atoms with Crippen molar-refractivity contribution >= 4 is 18.3 Å². The molecule has 0 fully saturated rings. The Morgan fingerprint density at radius 3 is 2.50 bits per heavy atom. The molecule has 2 atom stereocenters. The van der Waals surface area contributed by atoms with E-state index in [1.807, 2.05) is 68.7 Å². The van der Waals surface area contributed by atoms with Gasteiger partial charge in [0.25, 0.3) is 12.2 Å². The van der Waals surface area contributed by atoms with Crippen LogP contribution in [-0.4, -0.2) is 44.3 Å². The van der Waals surface area contributed by atoms with Crippen LogP contribution in [0, 0.1) is 0 Å². The summed E-state index contributed by atoms with van der Waals surface area (Å²) < 4.78 is 11.8. The van der Waals surface area contributed by atoms with Crippen molar-refractivity contribution in [2.75, 3.05) is 27.2 Å². The van der Waals surface area contributed by atoms with Crippen molar-refractivity contribution in [3.63, 3.8) is 0 Å². The monoisotopic (exact) mass is 376 g/mol. The van der Waals surface area contributed by atoms with Gasteiger partial charge in [-0.05, 0) is 38.7 Å². The van der Waals surface area contributed by atoms with Crippen molar-refractivity contribution < 1.29 is 14.3 Å². The molecule has 1 aliphatic heterocycles. The van der Waals surface area contributed by atoms with Crippen molar-refractivity contribution in [3.05, 3.63) is 65.7 Å². The van der Waals surface area contributed by atoms with E-state index < -0.39 is 6.29 Å². The van der Waals surface area contributed by atoms with E-state index in [1.165, 1.54) is 0 Å². The second-order valence-electron chi connectivity index (χ2n) is 6.36. The Bertz CT molecular complexity index is 709. The zero-order valence-corrected chi connectivity index (χ0v) is 15.9. The van der Waals surface area contributed by atoms with E-state index in [-0.39, 0.29) is 24.4 Å². The lowest BCUT2D eigenvalue weighted by Gasteiger charge is -2.32. The van der Waals surface area contributed by atoms with Crippen LogP contribution in [0.4, 0.5) is 0 Å². The summed E-state index contributed by atoms with van der Waals surface area (Å²) in [6.07, 6.45) is -0.382. The molecular weight excluding hydrogens is 352 g/mol. The van der Waals surface area contributed by atoms with Gasteiger partial charge in [0.05, 0.1) is 0 Å². The van der Waals surface area contributed by atoms with E-state index >= 15 is 0 Å². The van der Waals surface area contributed by atoms with E-state index in [4.69, 9.17) is 9.47 Å². The van der Waals surface area contributed by atoms with Gasteiger partial charge in [-0.25, -0.2) is 0 Å². The Balaban J connectivity index is 0.00000243. The first kappa shape index (κ1) is 20.2. The number of amides is 1. The van der Waals surface area contributed by atoms with Crippen molar-refractivity contribution in [2.24, 2.45) is 0 Å². The molecule has 0 saturated heterocycles. The van der Waals surface area contributed by atoms with Crippen molar-refractivity contribution in [3.8, 4) is 5.75 Å². The fraction of sp³-hybridized carbons (Fsp3) is 0.350. The molecule has 0 radical (unpaired) electrons. The molecule has 1 heterocycles. The second-order valence-corrected chi connectivity index (χ2v) is 6.36. The number of ether oxygens (including phenoxy) is 2. The molecule has 0 aliphatic carbocycles. The molecule has 0 saturated carbocycles. The molecule has 0 bridgehead atoms. The second kappa shape index (κ2) is 9.57. The summed E-state index contributed by atoms with van der Waals surface area (Å²) >= 11 is 0. The predicted octanol–water partition coefficient (Wildman–Crippen LogP) is 3.00. The molecule has 1 N–H and O–H groups in total. The third-order valence-electron chi connectivity index (χ3n) is 4.09. The summed E-state index contributed by atoms with van der Waals surface area (Å²) in [5.41, 5.74) is 1.94. The largest absolute Gasteiger partial charge is 0.455 e. The predicted molar refractivity (Wildman–Crippen MR) is 104 cm³/mol. The van der Waals surface area contributed by atoms with Crippen LogP contribution in [0.2, 0.25) is 0 Å². The van der Waals surface area contributed by atoms with Crippen LogP contribution in [0.25, 0.3) is 0 Å². The van der Waals surface area contributed by atoms with Crippen molar-refractivity contribution in [1.29, 1.82) is 0 Å². The zero-order valence-electron chi connectivity index (χ0n) is 15.1. The third kappa shape index (κ3) is 4.97. The average Bonchev–Trinajstić information content (AvgIpc) is 2.64. The number of benzene rings is 2. The number of nitrogens with one attached hydrogen (secondary N) is 1. The highest BCUT2D eigenvalue weighted by atomic mass is 35.5. The maximum Gasteiger partial charge on any atom is 0.289 e. The Labute approximate surface area is 160 Å². The van der Waals surface area contributed by atoms with E-state index in [0.717, 1.165) is 24.1 Å². The average molecular weight is 377 g/mol. The Morgan fingerprint density at radius 1 is 1.08 bits per heavy atom. The van der Waals surface area contributed by atoms with Gasteiger partial charge in [-0.2, -0.15) is 0 Å². The summed E-state index contributed by atoms with van der Waals surface area (Å²) in [5.74, 6) is 0.449. The minimum Gasteiger partial charge on any atom is -0.455 e. The molecule has 3 rings (SSSR count). The Morgan fingerprint density at radius 2 is 1.77 bits per heavy atom. The van der Waals surface area contributed by atoms with Crippen molar-refractivity contribution in [2.45, 2.75) is 18.8 Å². The molecule has 2 aromatic rings. The van der Waals surface area contributed by atoms with Crippen LogP contribution >= 0.6 is 12.4 Å². The van der Waals surface area contributed by atoms with Gasteiger partial charge >= 0.3 is 0 Å². The fourth-order valence-corrected chi connectivity index (χ4v) is 2.84. The van der Waals surface area contributed by atoms with Gasteiger partial charge in [-0.1, -0.05) is 48.5 Å². The summed E-state index contributed by atoms with van der Waals surface area (Å²) in [6, 6.07) is 17.6. The molecule has 0 aromatic heterocycles. The number of carbonyl (C=O) groups excluding carboxylic acids is 1. The summed E-state index contributed by atoms with van der Waals surface area (Å²) in [7, 11) is 4.02. The number of para-hydroxylation sites is 1. The van der Waals surface area contributed by atoms with Crippen LogP contribution < -0.4 is 10.1 Å². The molecule has 6 heteroatoms. The fourth-order valence-electron chi connectivity index (χ4n) is 2.84. The Kier molecular flexibility index (Phi) is 7.45. The molecule has 26 heavy (non-hydrogen) atoms. The maximum absolute atomic E-state index is 12.5. The smallest absolute Gasteiger partial charge is 0.289 e. The minimum atomic E-state index is -0.945. The summed E-state index contributed by atoms with van der Waals surface area (Å²) in [6.45, 7) is 1.51. The standard InChI is InChI=1S/C20H24N2O3.ClH/c1-22(2)14-8-13-21-19(23)20-24-17-12-7-6-11-16(17)18(25-20)15-9-4-3-5-10-15;/h3-7,9-12,18,20H,8,13-14H2,1-2H3,(H,21,23);1H/t18-,20-;/m0./s1. The quantitative estimate of drug-likeness (QED) is 0.787. The first-order valence-corrected chi connectivity index (χ1v) is 8.53. The number of hydrogen-bond donors (Lipinski definition) is 1. The number of halogens is 1. The minimum absolute atomic E-state index is 0. The lowest BCUT2D eigenvalue weighted by molar-refractivity contribution is -0.165. The third-order valence-corrected chi connectivity index (χ3v) is 4.09. The topological polar surface area (TPSA) is 50.8 Å². The normalized spacial score (nSPS) is 18.4. The van der Waals surface area contributed by atoms with E-state index in [2.05, 4.69) is 10.2 Å². The number of rotatable bonds is 6. The molecular formula is C20H25ClN2O3. The molecule has 0 spiro atoms. The van der Waals surface area contributed by atoms with Gasteiger partial charge < -0.3 is 19.7 Å². The molecule has 5 nitrogen and oxygen atoms in total. The summed E-state index contributed by atoms with van der Waals surface area (Å²) in [5, 5.41) is 2.89. The van der Waals surface area contributed by atoms with Gasteiger partial charge in [-0.3, -0.25) is 4.79 Å². The molecule has 1 amide bonds. The van der Waals surface area contributed by atoms with Gasteiger partial charge in [0, 0.05) is 12.1 Å². The van der Waals surface area contributed by atoms with Gasteiger partial charge in [0.1, 0.15) is 11.9 Å². The van der Waals surface area contributed by atoms with Crippen LogP contribution in [-0.2, 0) is 9.53 Å². The lowest BCUT2D eigenvalue weighted by Crippen LogP contribution is -2.43. The maximum atomic E-state index is 12.5. The first-order valence-electron chi connectivity index (χ1n) is 8.53. The highest BCUT2D eigenvalue weighted by Crippen LogP contribution is 2.38. The molecule has 0 unspecified atom stereocenters. The SMILES string of the molecule is CN(C)CCCNC(=O)[C@H]1Oc2ccccc2[C@H](c2ccccc2)O1.Cl. The van der Waals surface area contributed by atoms with Gasteiger partial charge in [-0.15, -0.1) is 12.4 Å². The van der Waals surface area contributed by atoms with Crippen LogP contribution in [0.3, 0.4) is 0 Å². The van der Waals surface area contributed by atoms with Crippen molar-refractivity contribution in [1.82, 2.24) is 10.2 Å². The lowest BCUT2D eigenvalue weighted by atomic mass is 9.99. The summed E-state index contributed by atoms with van der Waals surface area (Å²) in [4.78, 5) is 14.5. The van der Waals surface area contributed by atoms with Crippen LogP contribution in [0.1, 0.15) is 23.7 Å². The zero-order chi connectivity index (χ0) is 17.6. The number of fused-ring (bicyclic) bond motifs is 1. The van der Waals surface area contributed by atoms with E-state index in [1.54, 1.807) is 0 Å². The van der Waals surface area contributed by atoms with Gasteiger partial charge in [0.15, 0.2) is 0 Å². The van der Waals surface area contributed by atoms with Crippen LogP contribution in [0.15, 0.2) is 54.6 Å². The van der Waals surface area contributed by atoms with E-state index in [9.17, 15) is 4.79 Å². The molecule has 140 valence electrons. The Hall–Kier alpha value is -2.08. The van der Waals surface area contributed by atoms with Gasteiger partial charge in [0.2, 0.25) is 0 Å². The molecule has 1 aliphatic rings. The number of carbonyl (C=O) groups is 1. The highest BCUT2D eigenvalue weighted by Gasteiger charge is 2.33. The first-order chi connectivity index (χ1) is 12.1. The van der Waals surface area contributed by atoms with E-state index in [0.29, 0.717) is 12.3 Å². The van der Waals surface area contributed by atoms with Crippen LogP contribution in [0.5, 0.6) is 5.75 Å².